The van der Waals surface area contributed by atoms with Crippen molar-refractivity contribution in [2.45, 2.75) is 13.0 Å². The molecule has 54 valence electrons. The molecule has 1 aromatic heterocycles. The first-order valence-corrected chi connectivity index (χ1v) is 3.47. The van der Waals surface area contributed by atoms with E-state index >= 15 is 0 Å². The topological polar surface area (TPSA) is 44.9 Å². The average Bonchev–Trinajstić information content (AvgIpc) is 2.38. The molecule has 2 heterocycles. The van der Waals surface area contributed by atoms with Gasteiger partial charge < -0.3 is 10.3 Å². The lowest BCUT2D eigenvalue weighted by Gasteiger charge is -2.01. The van der Waals surface area contributed by atoms with Crippen LogP contribution < -0.4 is 10.9 Å². The molecule has 4 heteroatoms. The number of carbonyl (C=O) groups is 1. The normalized spacial score (nSPS) is 21.5. The van der Waals surface area contributed by atoms with Gasteiger partial charge in [-0.1, -0.05) is 0 Å². The molecule has 0 spiro atoms. The molecular weight excluding hydrogens is 139 g/mol. The molecule has 0 saturated heterocycles. The third-order valence-electron chi connectivity index (χ3n) is 1.89. The maximum Gasteiger partial charge on any atom is 0.253 e. The second-order valence-electron chi connectivity index (χ2n) is 2.75. The van der Waals surface area contributed by atoms with Crippen LogP contribution in [0.25, 0.3) is 0 Å². The van der Waals surface area contributed by atoms with Crippen molar-refractivity contribution < 1.29 is 4.79 Å². The number of aromatic amines is 1. The minimum absolute atomic E-state index is 0.0412. The fraction of sp³-hybridized carbons (Fsp3) is 0.286. The van der Waals surface area contributed by atoms with Gasteiger partial charge in [-0.25, -0.2) is 0 Å². The molecule has 1 aliphatic heterocycles. The molecule has 1 amide bonds. The van der Waals surface area contributed by atoms with Gasteiger partial charge in [0.05, 0.1) is 11.6 Å². The Kier molecular flexibility index (Phi) is 1.13. The van der Waals surface area contributed by atoms with Gasteiger partial charge in [0.15, 0.2) is 0 Å². The van der Waals surface area contributed by atoms with Crippen LogP contribution in [-0.4, -0.2) is 18.7 Å². The van der Waals surface area contributed by atoms with Crippen LogP contribution in [-0.2, 0) is 0 Å². The van der Waals surface area contributed by atoms with Crippen LogP contribution in [0, 0.1) is 0 Å². The smallest absolute Gasteiger partial charge is 0.253 e. The van der Waals surface area contributed by atoms with Crippen molar-refractivity contribution in [2.75, 3.05) is 0 Å². The zero-order valence-corrected chi connectivity index (χ0v) is 6.14. The molecule has 2 rings (SSSR count). The molecule has 0 aliphatic carbocycles. The Labute approximate surface area is 65.6 Å². The number of amides is 1. The lowest BCUT2D eigenvalue weighted by Crippen LogP contribution is -2.19. The van der Waals surface area contributed by atoms with E-state index in [2.05, 4.69) is 10.3 Å². The van der Waals surface area contributed by atoms with E-state index < -0.39 is 0 Å². The van der Waals surface area contributed by atoms with Gasteiger partial charge in [-0.15, -0.1) is 0 Å². The van der Waals surface area contributed by atoms with E-state index in [1.807, 2.05) is 6.92 Å². The lowest BCUT2D eigenvalue weighted by atomic mass is 10.1. The molecular formula is C7H7BN2O. The van der Waals surface area contributed by atoms with Gasteiger partial charge in [-0.05, 0) is 18.6 Å². The summed E-state index contributed by atoms with van der Waals surface area (Å²) in [5.74, 6) is -0.0412. The number of hydrogen-bond acceptors (Lipinski definition) is 1. The largest absolute Gasteiger partial charge is 0.370 e. The summed E-state index contributed by atoms with van der Waals surface area (Å²) in [6.45, 7) is 1.92. The van der Waals surface area contributed by atoms with Gasteiger partial charge in [0.25, 0.3) is 5.91 Å². The van der Waals surface area contributed by atoms with Crippen molar-refractivity contribution in [2.24, 2.45) is 0 Å². The fourth-order valence-corrected chi connectivity index (χ4v) is 1.37. The van der Waals surface area contributed by atoms with Crippen molar-refractivity contribution in [3.8, 4) is 0 Å². The third-order valence-corrected chi connectivity index (χ3v) is 1.89. The standard InChI is InChI=1S/C7H7BN2O/c1-3-6-4(7(11)9-3)2-5(8)10-6/h2-3,10H,1H3,(H,9,11). The monoisotopic (exact) mass is 146 g/mol. The summed E-state index contributed by atoms with van der Waals surface area (Å²) in [4.78, 5) is 14.0. The number of rotatable bonds is 0. The summed E-state index contributed by atoms with van der Waals surface area (Å²) in [5.41, 5.74) is 2.12. The number of aromatic nitrogens is 1. The van der Waals surface area contributed by atoms with Crippen molar-refractivity contribution >= 4 is 19.3 Å². The molecule has 1 atom stereocenters. The van der Waals surface area contributed by atoms with Crippen LogP contribution in [0.15, 0.2) is 6.07 Å². The Bertz CT molecular complexity index is 318. The predicted octanol–water partition coefficient (Wildman–Crippen LogP) is -0.387. The van der Waals surface area contributed by atoms with E-state index in [0.29, 0.717) is 11.2 Å². The van der Waals surface area contributed by atoms with Crippen LogP contribution in [0.5, 0.6) is 0 Å². The van der Waals surface area contributed by atoms with Crippen LogP contribution >= 0.6 is 0 Å². The minimum Gasteiger partial charge on any atom is -0.370 e. The fourth-order valence-electron chi connectivity index (χ4n) is 1.37. The Balaban J connectivity index is 2.58. The quantitative estimate of drug-likeness (QED) is 0.481. The van der Waals surface area contributed by atoms with Crippen LogP contribution in [0.4, 0.5) is 0 Å². The van der Waals surface area contributed by atoms with Crippen LogP contribution in [0.3, 0.4) is 0 Å². The Morgan fingerprint density at radius 3 is 3.00 bits per heavy atom. The molecule has 3 nitrogen and oxygen atoms in total. The summed E-state index contributed by atoms with van der Waals surface area (Å²) in [5, 5.41) is 2.76. The highest BCUT2D eigenvalue weighted by Gasteiger charge is 2.26. The Morgan fingerprint density at radius 1 is 1.64 bits per heavy atom. The average molecular weight is 146 g/mol. The predicted molar refractivity (Wildman–Crippen MR) is 42.1 cm³/mol. The summed E-state index contributed by atoms with van der Waals surface area (Å²) < 4.78 is 0. The number of fused-ring (bicyclic) bond motifs is 1. The van der Waals surface area contributed by atoms with E-state index in [1.54, 1.807) is 6.07 Å². The minimum atomic E-state index is -0.0412. The zero-order valence-electron chi connectivity index (χ0n) is 6.14. The third kappa shape index (κ3) is 0.787. The second-order valence-corrected chi connectivity index (χ2v) is 2.75. The molecule has 2 radical (unpaired) electrons. The van der Waals surface area contributed by atoms with Crippen LogP contribution in [0.2, 0.25) is 0 Å². The van der Waals surface area contributed by atoms with Crippen LogP contribution in [0.1, 0.15) is 29.0 Å². The molecule has 11 heavy (non-hydrogen) atoms. The molecule has 0 fully saturated rings. The van der Waals surface area contributed by atoms with Gasteiger partial charge in [0, 0.05) is 5.69 Å². The molecule has 0 saturated carbocycles. The van der Waals surface area contributed by atoms with Crippen molar-refractivity contribution in [3.05, 3.63) is 17.3 Å². The van der Waals surface area contributed by atoms with E-state index in [1.165, 1.54) is 0 Å². The summed E-state index contributed by atoms with van der Waals surface area (Å²) >= 11 is 0. The Morgan fingerprint density at radius 2 is 2.36 bits per heavy atom. The lowest BCUT2D eigenvalue weighted by molar-refractivity contribution is 0.0958. The first kappa shape index (κ1) is 6.52. The van der Waals surface area contributed by atoms with Gasteiger partial charge >= 0.3 is 0 Å². The van der Waals surface area contributed by atoms with E-state index in [4.69, 9.17) is 7.85 Å². The van der Waals surface area contributed by atoms with Gasteiger partial charge in [-0.3, -0.25) is 4.79 Å². The van der Waals surface area contributed by atoms with E-state index in [9.17, 15) is 4.79 Å². The highest BCUT2D eigenvalue weighted by Crippen LogP contribution is 2.21. The van der Waals surface area contributed by atoms with E-state index in [0.717, 1.165) is 5.69 Å². The Hall–Kier alpha value is -1.19. The zero-order chi connectivity index (χ0) is 8.01. The molecule has 2 N–H and O–H groups in total. The maximum absolute atomic E-state index is 11.1. The van der Waals surface area contributed by atoms with Gasteiger partial charge in [0.2, 0.25) is 0 Å². The number of carbonyl (C=O) groups excluding carboxylic acids is 1. The second kappa shape index (κ2) is 1.90. The molecule has 0 aromatic carbocycles. The highest BCUT2D eigenvalue weighted by molar-refractivity contribution is 6.31. The SMILES string of the molecule is [B]c1cc2c([nH]1)C(C)NC2=O. The van der Waals surface area contributed by atoms with Gasteiger partial charge in [0.1, 0.15) is 7.85 Å². The van der Waals surface area contributed by atoms with Gasteiger partial charge in [-0.2, -0.15) is 0 Å². The molecule has 1 aliphatic rings. The maximum atomic E-state index is 11.1. The highest BCUT2D eigenvalue weighted by atomic mass is 16.2. The summed E-state index contributed by atoms with van der Waals surface area (Å²) in [6, 6.07) is 1.73. The summed E-state index contributed by atoms with van der Waals surface area (Å²) in [6.07, 6.45) is 0. The molecule has 0 bridgehead atoms. The summed E-state index contributed by atoms with van der Waals surface area (Å²) in [7, 11) is 5.48. The number of H-pyrrole nitrogens is 1. The molecule has 1 aromatic rings. The van der Waals surface area contributed by atoms with Crippen molar-refractivity contribution in [3.63, 3.8) is 0 Å². The number of nitrogens with one attached hydrogen (secondary N) is 2. The van der Waals surface area contributed by atoms with Crippen molar-refractivity contribution in [1.29, 1.82) is 0 Å². The van der Waals surface area contributed by atoms with E-state index in [-0.39, 0.29) is 11.9 Å². The number of hydrogen-bond donors (Lipinski definition) is 2. The first-order valence-electron chi connectivity index (χ1n) is 3.47. The van der Waals surface area contributed by atoms with Crippen molar-refractivity contribution in [1.82, 2.24) is 10.3 Å². The first-order chi connectivity index (χ1) is 5.18. The molecule has 1 unspecified atom stereocenters.